The van der Waals surface area contributed by atoms with E-state index in [9.17, 15) is 4.39 Å². The van der Waals surface area contributed by atoms with Crippen LogP contribution in [0, 0.1) is 5.82 Å². The number of hydrogen-bond acceptors (Lipinski definition) is 4. The Morgan fingerprint density at radius 1 is 1.35 bits per heavy atom. The van der Waals surface area contributed by atoms with Gasteiger partial charge in [0, 0.05) is 18.5 Å². The van der Waals surface area contributed by atoms with Gasteiger partial charge in [0.1, 0.15) is 16.2 Å². The third-order valence-electron chi connectivity index (χ3n) is 3.13. The molecule has 0 aliphatic carbocycles. The maximum atomic E-state index is 13.9. The van der Waals surface area contributed by atoms with E-state index in [4.69, 9.17) is 5.73 Å². The Bertz CT molecular complexity index is 747. The average Bonchev–Trinajstić information content (AvgIpc) is 3.05. The zero-order valence-electron chi connectivity index (χ0n) is 11.1. The van der Waals surface area contributed by atoms with Crippen molar-refractivity contribution in [1.29, 1.82) is 0 Å². The number of nitrogens with two attached hydrogens (primary N) is 1. The van der Waals surface area contributed by atoms with Crippen molar-refractivity contribution < 1.29 is 4.39 Å². The first-order chi connectivity index (χ1) is 9.74. The van der Waals surface area contributed by atoms with E-state index in [1.54, 1.807) is 6.07 Å². The lowest BCUT2D eigenvalue weighted by molar-refractivity contribution is 0.637. The molecule has 0 amide bonds. The SMILES string of the molecule is CCCn1c(-c2csc(CN)n2)nc2c(F)cccc21. The first-order valence-corrected chi connectivity index (χ1v) is 7.42. The first-order valence-electron chi connectivity index (χ1n) is 6.54. The number of fused-ring (bicyclic) bond motifs is 1. The highest BCUT2D eigenvalue weighted by atomic mass is 32.1. The van der Waals surface area contributed by atoms with Gasteiger partial charge in [-0.2, -0.15) is 0 Å². The van der Waals surface area contributed by atoms with Crippen molar-refractivity contribution in [3.63, 3.8) is 0 Å². The molecule has 0 atom stereocenters. The predicted octanol–water partition coefficient (Wildman–Crippen LogP) is 3.17. The summed E-state index contributed by atoms with van der Waals surface area (Å²) in [7, 11) is 0. The van der Waals surface area contributed by atoms with Gasteiger partial charge in [0.15, 0.2) is 11.6 Å². The van der Waals surface area contributed by atoms with Gasteiger partial charge in [-0.25, -0.2) is 14.4 Å². The summed E-state index contributed by atoms with van der Waals surface area (Å²) >= 11 is 1.50. The van der Waals surface area contributed by atoms with Crippen LogP contribution in [0.2, 0.25) is 0 Å². The number of benzene rings is 1. The number of aryl methyl sites for hydroxylation is 1. The Balaban J connectivity index is 2.23. The number of aromatic nitrogens is 3. The Kier molecular flexibility index (Phi) is 3.50. The molecule has 2 aromatic heterocycles. The molecule has 0 fully saturated rings. The van der Waals surface area contributed by atoms with Gasteiger partial charge in [0.25, 0.3) is 0 Å². The molecule has 0 radical (unpaired) electrons. The van der Waals surface area contributed by atoms with Crippen LogP contribution >= 0.6 is 11.3 Å². The van der Waals surface area contributed by atoms with Crippen LogP contribution in [0.1, 0.15) is 18.4 Å². The summed E-state index contributed by atoms with van der Waals surface area (Å²) in [6, 6.07) is 5.03. The van der Waals surface area contributed by atoms with E-state index in [1.807, 2.05) is 16.0 Å². The molecule has 4 nitrogen and oxygen atoms in total. The Morgan fingerprint density at radius 2 is 2.20 bits per heavy atom. The van der Waals surface area contributed by atoms with Crippen LogP contribution in [0.25, 0.3) is 22.6 Å². The van der Waals surface area contributed by atoms with Crippen LogP contribution in [0.4, 0.5) is 4.39 Å². The van der Waals surface area contributed by atoms with Gasteiger partial charge in [0.05, 0.1) is 5.52 Å². The maximum Gasteiger partial charge on any atom is 0.160 e. The van der Waals surface area contributed by atoms with Crippen LogP contribution in [0.15, 0.2) is 23.6 Å². The zero-order valence-corrected chi connectivity index (χ0v) is 12.0. The van der Waals surface area contributed by atoms with Gasteiger partial charge in [-0.15, -0.1) is 11.3 Å². The second-order valence-corrected chi connectivity index (χ2v) is 5.47. The third-order valence-corrected chi connectivity index (χ3v) is 4.00. The molecule has 6 heteroatoms. The molecule has 1 aromatic carbocycles. The molecule has 0 bridgehead atoms. The number of para-hydroxylation sites is 1. The molecule has 104 valence electrons. The Morgan fingerprint density at radius 3 is 2.90 bits per heavy atom. The lowest BCUT2D eigenvalue weighted by Crippen LogP contribution is -2.00. The van der Waals surface area contributed by atoms with Crippen molar-refractivity contribution in [2.24, 2.45) is 5.73 Å². The van der Waals surface area contributed by atoms with Gasteiger partial charge < -0.3 is 10.3 Å². The maximum absolute atomic E-state index is 13.9. The minimum Gasteiger partial charge on any atom is -0.325 e. The molecule has 0 saturated carbocycles. The van der Waals surface area contributed by atoms with E-state index in [0.717, 1.165) is 29.2 Å². The van der Waals surface area contributed by atoms with Crippen molar-refractivity contribution in [2.45, 2.75) is 26.4 Å². The Hall–Kier alpha value is -1.79. The van der Waals surface area contributed by atoms with Crippen molar-refractivity contribution >= 4 is 22.4 Å². The smallest absolute Gasteiger partial charge is 0.160 e. The van der Waals surface area contributed by atoms with Crippen molar-refractivity contribution in [3.05, 3.63) is 34.4 Å². The number of rotatable bonds is 4. The van der Waals surface area contributed by atoms with Crippen LogP contribution in [-0.2, 0) is 13.1 Å². The number of imidazole rings is 1. The zero-order chi connectivity index (χ0) is 14.1. The molecular weight excluding hydrogens is 275 g/mol. The summed E-state index contributed by atoms with van der Waals surface area (Å²) in [5.41, 5.74) is 7.57. The number of nitrogens with zero attached hydrogens (tertiary/aromatic N) is 3. The van der Waals surface area contributed by atoms with E-state index < -0.39 is 0 Å². The first kappa shape index (κ1) is 13.2. The molecular formula is C14H15FN4S. The summed E-state index contributed by atoms with van der Waals surface area (Å²) in [5, 5.41) is 2.78. The fourth-order valence-corrected chi connectivity index (χ4v) is 2.92. The highest BCUT2D eigenvalue weighted by Crippen LogP contribution is 2.27. The molecule has 0 spiro atoms. The second-order valence-electron chi connectivity index (χ2n) is 4.53. The van der Waals surface area contributed by atoms with Crippen LogP contribution < -0.4 is 5.73 Å². The van der Waals surface area contributed by atoms with E-state index in [1.165, 1.54) is 17.4 Å². The quantitative estimate of drug-likeness (QED) is 0.803. The lowest BCUT2D eigenvalue weighted by atomic mass is 10.3. The fraction of sp³-hybridized carbons (Fsp3) is 0.286. The number of thiazole rings is 1. The summed E-state index contributed by atoms with van der Waals surface area (Å²) < 4.78 is 15.9. The van der Waals surface area contributed by atoms with Gasteiger partial charge in [-0.1, -0.05) is 13.0 Å². The monoisotopic (exact) mass is 290 g/mol. The van der Waals surface area contributed by atoms with E-state index in [0.29, 0.717) is 17.9 Å². The van der Waals surface area contributed by atoms with Crippen molar-refractivity contribution in [1.82, 2.24) is 14.5 Å². The van der Waals surface area contributed by atoms with Gasteiger partial charge in [-0.05, 0) is 18.6 Å². The van der Waals surface area contributed by atoms with Crippen LogP contribution in [0.5, 0.6) is 0 Å². The van der Waals surface area contributed by atoms with E-state index in [2.05, 4.69) is 16.9 Å². The number of hydrogen-bond donors (Lipinski definition) is 1. The fourth-order valence-electron chi connectivity index (χ4n) is 2.27. The average molecular weight is 290 g/mol. The molecule has 3 aromatic rings. The highest BCUT2D eigenvalue weighted by Gasteiger charge is 2.16. The van der Waals surface area contributed by atoms with E-state index >= 15 is 0 Å². The van der Waals surface area contributed by atoms with Gasteiger partial charge >= 0.3 is 0 Å². The second kappa shape index (κ2) is 5.30. The van der Waals surface area contributed by atoms with Crippen LogP contribution in [0.3, 0.4) is 0 Å². The standard InChI is InChI=1S/C14H15FN4S/c1-2-6-19-11-5-3-4-9(15)13(11)18-14(19)10-8-20-12(7-16)17-10/h3-5,8H,2,6-7,16H2,1H3. The lowest BCUT2D eigenvalue weighted by Gasteiger charge is -2.05. The molecule has 3 rings (SSSR count). The van der Waals surface area contributed by atoms with Crippen LogP contribution in [-0.4, -0.2) is 14.5 Å². The van der Waals surface area contributed by atoms with Gasteiger partial charge in [0.2, 0.25) is 0 Å². The summed E-state index contributed by atoms with van der Waals surface area (Å²) in [5.74, 6) is 0.413. The Labute approximate surface area is 120 Å². The molecule has 2 heterocycles. The normalized spacial score (nSPS) is 11.3. The largest absolute Gasteiger partial charge is 0.325 e. The molecule has 0 aliphatic rings. The highest BCUT2D eigenvalue weighted by molar-refractivity contribution is 7.09. The molecule has 2 N–H and O–H groups in total. The minimum atomic E-state index is -0.298. The summed E-state index contributed by atoms with van der Waals surface area (Å²) in [6.07, 6.45) is 0.947. The molecule has 0 saturated heterocycles. The topological polar surface area (TPSA) is 56.7 Å². The summed E-state index contributed by atoms with van der Waals surface area (Å²) in [4.78, 5) is 8.89. The minimum absolute atomic E-state index is 0.298. The summed E-state index contributed by atoms with van der Waals surface area (Å²) in [6.45, 7) is 3.28. The van der Waals surface area contributed by atoms with E-state index in [-0.39, 0.29) is 5.82 Å². The molecule has 0 aliphatic heterocycles. The predicted molar refractivity (Wildman–Crippen MR) is 79.0 cm³/mol. The third kappa shape index (κ3) is 2.10. The molecule has 0 unspecified atom stereocenters. The molecule has 20 heavy (non-hydrogen) atoms. The van der Waals surface area contributed by atoms with Crippen molar-refractivity contribution in [3.8, 4) is 11.5 Å². The number of halogens is 1. The van der Waals surface area contributed by atoms with Gasteiger partial charge in [-0.3, -0.25) is 0 Å². The van der Waals surface area contributed by atoms with Crippen molar-refractivity contribution in [2.75, 3.05) is 0 Å².